The SMILES string of the molecule is C.C.C.C.C.C.C.C.C.C.C.C.CC(=O)OC(C)(C)C.CCC(C)(C)C(=O)O.CCC(C)(C)C(=O)OC12CC3CC(O)(CC(O)(C3)C1)C2.CCC(C)(C)C(=O)OC1CC2CC1C1C3CCC(C3)C21.CCC(C)C(=O)OC1C2CC3C(=O)OC1C3C2. The molecule has 15 atom stereocenters. The van der Waals surface area contributed by atoms with E-state index in [9.17, 15) is 39.0 Å². The molecule has 0 aromatic carbocycles. The summed E-state index contributed by atoms with van der Waals surface area (Å²) in [5.41, 5.74) is -4.02. The molecule has 15 unspecified atom stereocenters. The fraction of sp³-hybridized carbons (Fsp3) is 0.915. The van der Waals surface area contributed by atoms with Crippen molar-refractivity contribution in [3.8, 4) is 0 Å². The zero-order valence-electron chi connectivity index (χ0n) is 47.4. The summed E-state index contributed by atoms with van der Waals surface area (Å²) in [5.74, 6) is 5.12. The number of fused-ring (bicyclic) bond motifs is 10. The molecule has 0 radical (unpaired) electrons. The molecule has 0 aromatic rings. The minimum atomic E-state index is -0.842. The van der Waals surface area contributed by atoms with Gasteiger partial charge in [0, 0.05) is 38.0 Å². The summed E-state index contributed by atoms with van der Waals surface area (Å²) >= 11 is 0. The van der Waals surface area contributed by atoms with Crippen molar-refractivity contribution in [1.29, 1.82) is 0 Å². The first-order chi connectivity index (χ1) is 33.6. The van der Waals surface area contributed by atoms with Gasteiger partial charge in [0.25, 0.3) is 0 Å². The molecule has 10 bridgehead atoms. The van der Waals surface area contributed by atoms with Crippen LogP contribution in [0.2, 0.25) is 0 Å². The normalized spacial score (nSPS) is 33.2. The zero-order valence-corrected chi connectivity index (χ0v) is 47.4. The third-order valence-electron chi connectivity index (χ3n) is 19.7. The van der Waals surface area contributed by atoms with E-state index in [1.165, 1.54) is 39.0 Å². The first-order valence-electron chi connectivity index (χ1n) is 28.4. The number of carboxylic acid groups (broad SMARTS) is 1. The van der Waals surface area contributed by atoms with E-state index in [0.29, 0.717) is 43.4 Å². The molecule has 3 N–H and O–H groups in total. The Morgan fingerprint density at radius 2 is 1.06 bits per heavy atom. The Labute approximate surface area is 525 Å². The molecule has 14 nitrogen and oxygen atoms in total. The number of carboxylic acids is 1. The minimum Gasteiger partial charge on any atom is -0.481 e. The third-order valence-corrected chi connectivity index (χ3v) is 19.7. The van der Waals surface area contributed by atoms with E-state index in [4.69, 9.17) is 28.8 Å². The van der Waals surface area contributed by atoms with Crippen LogP contribution in [0.1, 0.15) is 302 Å². The van der Waals surface area contributed by atoms with E-state index < -0.39 is 33.6 Å². The minimum absolute atomic E-state index is 0. The molecule has 1 saturated heterocycles. The predicted molar refractivity (Wildman–Crippen MR) is 355 cm³/mol. The van der Waals surface area contributed by atoms with Crippen LogP contribution in [0.15, 0.2) is 0 Å². The first-order valence-corrected chi connectivity index (χ1v) is 28.4. The average Bonchev–Trinajstić information content (AvgIpc) is 4.15. The second-order valence-electron chi connectivity index (χ2n) is 27.7. The van der Waals surface area contributed by atoms with Gasteiger partial charge in [-0.1, -0.05) is 124 Å². The average molecular weight is 1220 g/mol. The van der Waals surface area contributed by atoms with Gasteiger partial charge in [-0.25, -0.2) is 0 Å². The molecule has 1 aliphatic heterocycles. The van der Waals surface area contributed by atoms with Crippen molar-refractivity contribution in [1.82, 2.24) is 0 Å². The number of ether oxygens (including phenoxy) is 5. The molecule has 1 heterocycles. The van der Waals surface area contributed by atoms with E-state index >= 15 is 0 Å². The molecule has 0 aromatic heterocycles. The maximum absolute atomic E-state index is 12.4. The highest BCUT2D eigenvalue weighted by atomic mass is 16.6. The fourth-order valence-corrected chi connectivity index (χ4v) is 15.0. The Morgan fingerprint density at radius 1 is 0.588 bits per heavy atom. The summed E-state index contributed by atoms with van der Waals surface area (Å²) in [4.78, 5) is 68.6. The summed E-state index contributed by atoms with van der Waals surface area (Å²) in [7, 11) is 0. The van der Waals surface area contributed by atoms with Gasteiger partial charge in [-0.05, 0) is 194 Å². The van der Waals surface area contributed by atoms with E-state index in [0.717, 1.165) is 81.0 Å². The number of aliphatic hydroxyl groups is 2. The molecule has 14 heteroatoms. The van der Waals surface area contributed by atoms with Gasteiger partial charge in [0.1, 0.15) is 29.5 Å². The lowest BCUT2D eigenvalue weighted by molar-refractivity contribution is -0.264. The zero-order chi connectivity index (χ0) is 54.6. The van der Waals surface area contributed by atoms with E-state index in [1.807, 2.05) is 76.2 Å². The smallest absolute Gasteiger partial charge is 0.312 e. The molecule has 0 spiro atoms. The van der Waals surface area contributed by atoms with Crippen LogP contribution in [0.5, 0.6) is 0 Å². The predicted octanol–water partition coefficient (Wildman–Crippen LogP) is 18.2. The number of aliphatic carboxylic acids is 1. The quantitative estimate of drug-likeness (QED) is 0.0999. The van der Waals surface area contributed by atoms with Gasteiger partial charge >= 0.3 is 35.8 Å². The van der Waals surface area contributed by atoms with Crippen molar-refractivity contribution in [3.05, 3.63) is 0 Å². The van der Waals surface area contributed by atoms with Gasteiger partial charge in [0.05, 0.1) is 39.3 Å². The van der Waals surface area contributed by atoms with E-state index in [-0.39, 0.29) is 166 Å². The van der Waals surface area contributed by atoms with Gasteiger partial charge in [0.15, 0.2) is 0 Å². The summed E-state index contributed by atoms with van der Waals surface area (Å²) < 4.78 is 27.6. The van der Waals surface area contributed by atoms with Crippen LogP contribution in [-0.2, 0) is 52.5 Å². The lowest BCUT2D eigenvalue weighted by Crippen LogP contribution is -2.67. The highest BCUT2D eigenvalue weighted by Crippen LogP contribution is 2.68. The molecular weight excluding hydrogens is 1080 g/mol. The van der Waals surface area contributed by atoms with Crippen molar-refractivity contribution >= 4 is 35.8 Å². The Morgan fingerprint density at radius 3 is 1.47 bits per heavy atom. The molecule has 10 saturated carbocycles. The first kappa shape index (κ1) is 95.4. The Bertz CT molecular complexity index is 2020. The van der Waals surface area contributed by atoms with Gasteiger partial charge in [0.2, 0.25) is 0 Å². The number of hydrogen-bond acceptors (Lipinski definition) is 13. The maximum Gasteiger partial charge on any atom is 0.312 e. The molecule has 0 amide bonds. The van der Waals surface area contributed by atoms with Crippen molar-refractivity contribution in [2.75, 3.05) is 0 Å². The second-order valence-corrected chi connectivity index (χ2v) is 27.7. The van der Waals surface area contributed by atoms with E-state index in [2.05, 4.69) is 6.92 Å². The van der Waals surface area contributed by atoms with Crippen LogP contribution in [0.4, 0.5) is 0 Å². The van der Waals surface area contributed by atoms with Crippen LogP contribution in [0.25, 0.3) is 0 Å². The van der Waals surface area contributed by atoms with Crippen LogP contribution >= 0.6 is 0 Å². The fourth-order valence-electron chi connectivity index (χ4n) is 15.0. The van der Waals surface area contributed by atoms with Crippen LogP contribution in [-0.4, -0.2) is 91.9 Å². The standard InChI is InChI=1S/C18H28O2.C16H26O4.C13H18O4.2C6H12O2.12CH4/c1-4-18(2,3)17(19)20-14-9-12-8-13(14)16-11-6-5-10(7-11)15(12)16;1-4-13(2,3)12(17)20-16-7-11-5-14(18,9-16)8-15(19,6-11)10-16;1-3-6(2)12(14)16-10-7-4-8-9(5-7)13(15)17-11(8)10;1-5(7)8-6(2,3)4;1-4-6(2,3)5(7)8;;;;;;;;;;;;/h10-16H,4-9H2,1-3H3;11,18-19H,4-10H2,1-3H3;6-11H,3-5H2,1-2H3;1-4H3;4H2,1-3H3,(H,7,8);12*1H4. The molecule has 11 fully saturated rings. The van der Waals surface area contributed by atoms with Crippen molar-refractivity contribution < 1.29 is 67.8 Å². The van der Waals surface area contributed by atoms with Crippen molar-refractivity contribution in [2.45, 2.75) is 343 Å². The molecule has 11 rings (SSSR count). The molecule has 512 valence electrons. The van der Waals surface area contributed by atoms with Gasteiger partial charge in [-0.15, -0.1) is 0 Å². The number of esters is 5. The summed E-state index contributed by atoms with van der Waals surface area (Å²) in [6.45, 7) is 27.9. The van der Waals surface area contributed by atoms with Crippen LogP contribution < -0.4 is 0 Å². The van der Waals surface area contributed by atoms with E-state index in [1.54, 1.807) is 13.8 Å². The number of rotatable bonds is 11. The maximum atomic E-state index is 12.4. The highest BCUT2D eigenvalue weighted by molar-refractivity contribution is 5.78. The highest BCUT2D eigenvalue weighted by Gasteiger charge is 2.66. The molecule has 10 aliphatic carbocycles. The lowest BCUT2D eigenvalue weighted by Gasteiger charge is -2.62. The number of carbonyl (C=O) groups excluding carboxylic acids is 5. The third kappa shape index (κ3) is 21.2. The summed E-state index contributed by atoms with van der Waals surface area (Å²) in [5, 5.41) is 29.8. The van der Waals surface area contributed by atoms with Crippen LogP contribution in [0, 0.1) is 81.3 Å². The van der Waals surface area contributed by atoms with Gasteiger partial charge < -0.3 is 39.0 Å². The van der Waals surface area contributed by atoms with Crippen molar-refractivity contribution in [2.24, 2.45) is 81.3 Å². The molecular formula is C71H144O14. The Kier molecular flexibility index (Phi) is 39.5. The van der Waals surface area contributed by atoms with Crippen LogP contribution in [0.3, 0.4) is 0 Å². The number of hydrogen-bond donors (Lipinski definition) is 3. The largest absolute Gasteiger partial charge is 0.481 e. The van der Waals surface area contributed by atoms with Gasteiger partial charge in [-0.2, -0.15) is 0 Å². The molecule has 85 heavy (non-hydrogen) atoms. The van der Waals surface area contributed by atoms with Crippen molar-refractivity contribution in [3.63, 3.8) is 0 Å². The number of carbonyl (C=O) groups is 6. The second kappa shape index (κ2) is 35.2. The Balaban J connectivity index is -0.000000180. The monoisotopic (exact) mass is 1220 g/mol. The van der Waals surface area contributed by atoms with Gasteiger partial charge in [-0.3, -0.25) is 28.8 Å². The lowest BCUT2D eigenvalue weighted by atomic mass is 9.50. The summed E-state index contributed by atoms with van der Waals surface area (Å²) in [6, 6.07) is 0. The Hall–Kier alpha value is -3.26. The topological polar surface area (TPSA) is 209 Å². The summed E-state index contributed by atoms with van der Waals surface area (Å²) in [6.07, 6.45) is 15.5. The molecule has 11 aliphatic rings.